The summed E-state index contributed by atoms with van der Waals surface area (Å²) < 4.78 is 37.4. The van der Waals surface area contributed by atoms with Crippen LogP contribution in [0.4, 0.5) is 13.2 Å². The van der Waals surface area contributed by atoms with E-state index in [1.54, 1.807) is 4.90 Å². The summed E-state index contributed by atoms with van der Waals surface area (Å²) in [5, 5.41) is 0. The predicted molar refractivity (Wildman–Crippen MR) is 56.5 cm³/mol. The summed E-state index contributed by atoms with van der Waals surface area (Å²) in [6.07, 6.45) is -1.65. The zero-order valence-corrected chi connectivity index (χ0v) is 9.89. The molecule has 1 spiro atoms. The number of piperazine rings is 1. The van der Waals surface area contributed by atoms with E-state index in [-0.39, 0.29) is 5.91 Å². The average molecular weight is 250 g/mol. The summed E-state index contributed by atoms with van der Waals surface area (Å²) >= 11 is 0. The van der Waals surface area contributed by atoms with Gasteiger partial charge in [0.15, 0.2) is 0 Å². The fraction of sp³-hybridized carbons (Fsp3) is 0.909. The molecule has 0 radical (unpaired) electrons. The molecule has 1 aliphatic carbocycles. The lowest BCUT2D eigenvalue weighted by Gasteiger charge is -2.56. The first-order valence-electron chi connectivity index (χ1n) is 5.90. The van der Waals surface area contributed by atoms with Gasteiger partial charge in [-0.15, -0.1) is 0 Å². The van der Waals surface area contributed by atoms with Crippen molar-refractivity contribution in [1.82, 2.24) is 9.80 Å². The fourth-order valence-electron chi connectivity index (χ4n) is 2.80. The van der Waals surface area contributed by atoms with Crippen molar-refractivity contribution in [3.8, 4) is 0 Å². The maximum atomic E-state index is 12.5. The lowest BCUT2D eigenvalue weighted by Crippen LogP contribution is -2.67. The molecule has 2 aliphatic rings. The van der Waals surface area contributed by atoms with E-state index in [1.165, 1.54) is 11.8 Å². The summed E-state index contributed by atoms with van der Waals surface area (Å²) in [7, 11) is 0. The zero-order chi connectivity index (χ0) is 12.7. The average Bonchev–Trinajstić information content (AvgIpc) is 2.13. The molecule has 0 atom stereocenters. The molecule has 0 aromatic heterocycles. The van der Waals surface area contributed by atoms with Gasteiger partial charge in [-0.2, -0.15) is 13.2 Å². The van der Waals surface area contributed by atoms with Gasteiger partial charge in [0.1, 0.15) is 0 Å². The molecule has 1 saturated carbocycles. The number of alkyl halides is 3. The van der Waals surface area contributed by atoms with Gasteiger partial charge in [-0.05, 0) is 19.3 Å². The largest absolute Gasteiger partial charge is 0.401 e. The molecular weight excluding hydrogens is 233 g/mol. The van der Waals surface area contributed by atoms with Crippen LogP contribution in [0.15, 0.2) is 0 Å². The summed E-state index contributed by atoms with van der Waals surface area (Å²) in [6, 6.07) is 0. The molecular formula is C11H17F3N2O. The molecule has 2 fully saturated rings. The van der Waals surface area contributed by atoms with Crippen molar-refractivity contribution < 1.29 is 18.0 Å². The quantitative estimate of drug-likeness (QED) is 0.706. The van der Waals surface area contributed by atoms with E-state index >= 15 is 0 Å². The molecule has 1 heterocycles. The second kappa shape index (κ2) is 4.15. The Bertz CT molecular complexity index is 312. The van der Waals surface area contributed by atoms with Gasteiger partial charge < -0.3 is 4.90 Å². The molecule has 0 N–H and O–H groups in total. The summed E-state index contributed by atoms with van der Waals surface area (Å²) in [5.41, 5.74) is -0.403. The molecule has 98 valence electrons. The van der Waals surface area contributed by atoms with Crippen molar-refractivity contribution in [2.24, 2.45) is 0 Å². The molecule has 0 aromatic rings. The van der Waals surface area contributed by atoms with E-state index in [4.69, 9.17) is 0 Å². The molecule has 0 unspecified atom stereocenters. The van der Waals surface area contributed by atoms with Gasteiger partial charge in [0.25, 0.3) is 0 Å². The number of nitrogens with zero attached hydrogens (tertiary/aromatic N) is 2. The molecule has 3 nitrogen and oxygen atoms in total. The van der Waals surface area contributed by atoms with Crippen LogP contribution in [0, 0.1) is 0 Å². The SMILES string of the molecule is CC(=O)N1CCN(CC(F)(F)F)C2(CCC2)C1. The van der Waals surface area contributed by atoms with E-state index in [9.17, 15) is 18.0 Å². The second-order valence-electron chi connectivity index (χ2n) is 5.06. The Balaban J connectivity index is 2.06. The molecule has 17 heavy (non-hydrogen) atoms. The zero-order valence-electron chi connectivity index (χ0n) is 9.89. The minimum atomic E-state index is -4.15. The van der Waals surface area contributed by atoms with E-state index in [1.807, 2.05) is 0 Å². The molecule has 0 bridgehead atoms. The number of hydrogen-bond donors (Lipinski definition) is 0. The minimum absolute atomic E-state index is 0.0390. The van der Waals surface area contributed by atoms with Crippen molar-refractivity contribution in [1.29, 1.82) is 0 Å². The van der Waals surface area contributed by atoms with Crippen LogP contribution in [0.25, 0.3) is 0 Å². The van der Waals surface area contributed by atoms with Crippen molar-refractivity contribution in [2.75, 3.05) is 26.2 Å². The smallest absolute Gasteiger partial charge is 0.340 e. The monoisotopic (exact) mass is 250 g/mol. The molecule has 0 aromatic carbocycles. The third-order valence-electron chi connectivity index (χ3n) is 3.90. The Kier molecular flexibility index (Phi) is 3.10. The molecule has 2 rings (SSSR count). The van der Waals surface area contributed by atoms with E-state index in [0.29, 0.717) is 19.6 Å². The number of carbonyl (C=O) groups is 1. The van der Waals surface area contributed by atoms with Crippen molar-refractivity contribution in [3.05, 3.63) is 0 Å². The van der Waals surface area contributed by atoms with Crippen LogP contribution in [-0.4, -0.2) is 53.6 Å². The van der Waals surface area contributed by atoms with E-state index in [2.05, 4.69) is 0 Å². The van der Waals surface area contributed by atoms with Gasteiger partial charge in [0, 0.05) is 32.1 Å². The van der Waals surface area contributed by atoms with Crippen LogP contribution in [0.5, 0.6) is 0 Å². The van der Waals surface area contributed by atoms with Crippen molar-refractivity contribution >= 4 is 5.91 Å². The van der Waals surface area contributed by atoms with E-state index in [0.717, 1.165) is 19.3 Å². The van der Waals surface area contributed by atoms with Gasteiger partial charge in [-0.1, -0.05) is 0 Å². The Hall–Kier alpha value is -0.780. The number of carbonyl (C=O) groups excluding carboxylic acids is 1. The van der Waals surface area contributed by atoms with Crippen LogP contribution >= 0.6 is 0 Å². The molecule has 1 amide bonds. The summed E-state index contributed by atoms with van der Waals surface area (Å²) in [4.78, 5) is 14.5. The highest BCUT2D eigenvalue weighted by atomic mass is 19.4. The maximum absolute atomic E-state index is 12.5. The number of halogens is 3. The van der Waals surface area contributed by atoms with Crippen LogP contribution in [0.3, 0.4) is 0 Å². The first-order chi connectivity index (χ1) is 7.82. The first-order valence-corrected chi connectivity index (χ1v) is 5.90. The van der Waals surface area contributed by atoms with Crippen LogP contribution < -0.4 is 0 Å². The summed E-state index contributed by atoms with van der Waals surface area (Å²) in [6.45, 7) is 1.83. The van der Waals surface area contributed by atoms with Crippen molar-refractivity contribution in [2.45, 2.75) is 37.9 Å². The van der Waals surface area contributed by atoms with Gasteiger partial charge in [-0.3, -0.25) is 9.69 Å². The predicted octanol–water partition coefficient (Wildman–Crippen LogP) is 1.64. The topological polar surface area (TPSA) is 23.6 Å². The number of rotatable bonds is 1. The highest BCUT2D eigenvalue weighted by molar-refractivity contribution is 5.73. The standard InChI is InChI=1S/C11H17F3N2O/c1-9(17)15-5-6-16(8-11(12,13)14)10(7-15)3-2-4-10/h2-8H2,1H3. The van der Waals surface area contributed by atoms with Gasteiger partial charge >= 0.3 is 6.18 Å². The third kappa shape index (κ3) is 2.56. The molecule has 1 saturated heterocycles. The lowest BCUT2D eigenvalue weighted by atomic mass is 9.73. The highest BCUT2D eigenvalue weighted by Crippen LogP contribution is 2.41. The van der Waals surface area contributed by atoms with Crippen LogP contribution in [0.1, 0.15) is 26.2 Å². The van der Waals surface area contributed by atoms with Gasteiger partial charge in [0.2, 0.25) is 5.91 Å². The Morgan fingerprint density at radius 1 is 1.29 bits per heavy atom. The Labute approximate surface area is 98.6 Å². The Morgan fingerprint density at radius 3 is 2.35 bits per heavy atom. The van der Waals surface area contributed by atoms with Crippen molar-refractivity contribution in [3.63, 3.8) is 0 Å². The lowest BCUT2D eigenvalue weighted by molar-refractivity contribution is -0.179. The van der Waals surface area contributed by atoms with Gasteiger partial charge in [-0.25, -0.2) is 0 Å². The van der Waals surface area contributed by atoms with E-state index < -0.39 is 18.3 Å². The van der Waals surface area contributed by atoms with Gasteiger partial charge in [0.05, 0.1) is 6.54 Å². The number of amides is 1. The summed E-state index contributed by atoms with van der Waals surface area (Å²) in [5.74, 6) is -0.0390. The fourth-order valence-corrected chi connectivity index (χ4v) is 2.80. The second-order valence-corrected chi connectivity index (χ2v) is 5.06. The molecule has 6 heteroatoms. The third-order valence-corrected chi connectivity index (χ3v) is 3.90. The first kappa shape index (κ1) is 12.7. The highest BCUT2D eigenvalue weighted by Gasteiger charge is 2.49. The minimum Gasteiger partial charge on any atom is -0.340 e. The molecule has 1 aliphatic heterocycles. The normalized spacial score (nSPS) is 24.8. The van der Waals surface area contributed by atoms with Crippen LogP contribution in [0.2, 0.25) is 0 Å². The number of hydrogen-bond acceptors (Lipinski definition) is 2. The van der Waals surface area contributed by atoms with Crippen LogP contribution in [-0.2, 0) is 4.79 Å². The Morgan fingerprint density at radius 2 is 1.94 bits per heavy atom. The maximum Gasteiger partial charge on any atom is 0.401 e.